The van der Waals surface area contributed by atoms with Crippen molar-refractivity contribution in [2.75, 3.05) is 25.1 Å². The van der Waals surface area contributed by atoms with Gasteiger partial charge in [0, 0.05) is 38.1 Å². The summed E-state index contributed by atoms with van der Waals surface area (Å²) in [6, 6.07) is 4.61. The summed E-state index contributed by atoms with van der Waals surface area (Å²) in [7, 11) is 0. The van der Waals surface area contributed by atoms with Gasteiger partial charge in [-0.1, -0.05) is 6.07 Å². The molecule has 0 saturated carbocycles. The third-order valence-corrected chi connectivity index (χ3v) is 5.35. The molecule has 1 aliphatic rings. The van der Waals surface area contributed by atoms with E-state index in [0.29, 0.717) is 25.4 Å². The van der Waals surface area contributed by atoms with E-state index in [1.54, 1.807) is 17.4 Å². The molecule has 0 aliphatic carbocycles. The van der Waals surface area contributed by atoms with Gasteiger partial charge in [0.15, 0.2) is 0 Å². The number of rotatable bonds is 5. The molecule has 0 spiro atoms. The van der Waals surface area contributed by atoms with Crippen LogP contribution in [0.2, 0.25) is 0 Å². The molecule has 8 nitrogen and oxygen atoms in total. The van der Waals surface area contributed by atoms with E-state index in [1.807, 2.05) is 6.20 Å². The first-order chi connectivity index (χ1) is 15.8. The largest absolute Gasteiger partial charge is 0.433 e. The number of imidazole rings is 1. The van der Waals surface area contributed by atoms with E-state index in [1.165, 1.54) is 12.3 Å². The predicted molar refractivity (Wildman–Crippen MR) is 113 cm³/mol. The van der Waals surface area contributed by atoms with Crippen LogP contribution in [0.3, 0.4) is 0 Å². The minimum Gasteiger partial charge on any atom is -0.381 e. The van der Waals surface area contributed by atoms with Crippen LogP contribution in [0.4, 0.5) is 18.9 Å². The normalized spacial score (nSPS) is 14.9. The maximum atomic E-state index is 13.0. The maximum Gasteiger partial charge on any atom is 0.433 e. The lowest BCUT2D eigenvalue weighted by Crippen LogP contribution is -2.25. The van der Waals surface area contributed by atoms with Crippen LogP contribution in [0.1, 0.15) is 57.9 Å². The molecule has 1 fully saturated rings. The maximum absolute atomic E-state index is 13.0. The smallest absolute Gasteiger partial charge is 0.381 e. The van der Waals surface area contributed by atoms with Crippen LogP contribution >= 0.6 is 0 Å². The van der Waals surface area contributed by atoms with E-state index in [-0.39, 0.29) is 17.2 Å². The number of fused-ring (bicyclic) bond motifs is 1. The monoisotopic (exact) mass is 461 g/mol. The van der Waals surface area contributed by atoms with Gasteiger partial charge in [-0.25, -0.2) is 9.97 Å². The molecule has 0 bridgehead atoms. The Hall–Kier alpha value is -3.47. The molecule has 33 heavy (non-hydrogen) atoms. The van der Waals surface area contributed by atoms with Crippen molar-refractivity contribution in [1.29, 1.82) is 0 Å². The molecule has 1 aliphatic heterocycles. The molecule has 0 atom stereocenters. The number of hydrogen-bond donors (Lipinski definition) is 2. The highest BCUT2D eigenvalue weighted by Crippen LogP contribution is 2.29. The lowest BCUT2D eigenvalue weighted by molar-refractivity contribution is -0.141. The van der Waals surface area contributed by atoms with Crippen molar-refractivity contribution < 1.29 is 27.5 Å². The van der Waals surface area contributed by atoms with Crippen molar-refractivity contribution in [1.82, 2.24) is 19.7 Å². The number of amides is 2. The molecule has 4 heterocycles. The lowest BCUT2D eigenvalue weighted by Gasteiger charge is -2.19. The first-order valence-electron chi connectivity index (χ1n) is 10.5. The van der Waals surface area contributed by atoms with Gasteiger partial charge in [-0.15, -0.1) is 0 Å². The molecule has 3 aromatic heterocycles. The summed E-state index contributed by atoms with van der Waals surface area (Å²) in [4.78, 5) is 33.4. The second kappa shape index (κ2) is 9.18. The van der Waals surface area contributed by atoms with Crippen LogP contribution in [0.25, 0.3) is 5.65 Å². The molecule has 0 aromatic carbocycles. The second-order valence-corrected chi connectivity index (χ2v) is 7.64. The van der Waals surface area contributed by atoms with Crippen molar-refractivity contribution in [3.8, 4) is 0 Å². The van der Waals surface area contributed by atoms with Crippen molar-refractivity contribution in [3.63, 3.8) is 0 Å². The number of nitrogens with one attached hydrogen (secondary N) is 2. The zero-order valence-corrected chi connectivity index (χ0v) is 17.8. The molecule has 0 unspecified atom stereocenters. The summed E-state index contributed by atoms with van der Waals surface area (Å²) >= 11 is 0. The fourth-order valence-corrected chi connectivity index (χ4v) is 3.69. The number of alkyl halides is 3. The summed E-state index contributed by atoms with van der Waals surface area (Å²) in [5, 5.41) is 5.20. The number of anilines is 1. The van der Waals surface area contributed by atoms with Crippen LogP contribution in [-0.4, -0.2) is 45.9 Å². The Labute approximate surface area is 187 Å². The van der Waals surface area contributed by atoms with Crippen LogP contribution in [-0.2, 0) is 10.9 Å². The van der Waals surface area contributed by atoms with Crippen LogP contribution < -0.4 is 10.6 Å². The number of aromatic nitrogens is 3. The van der Waals surface area contributed by atoms with Crippen LogP contribution in [0.5, 0.6) is 0 Å². The number of hydrogen-bond acceptors (Lipinski definition) is 5. The van der Waals surface area contributed by atoms with E-state index in [4.69, 9.17) is 4.74 Å². The molecule has 174 valence electrons. The van der Waals surface area contributed by atoms with Crippen molar-refractivity contribution in [3.05, 3.63) is 59.3 Å². The summed E-state index contributed by atoms with van der Waals surface area (Å²) in [5.74, 6) is -1.09. The first kappa shape index (κ1) is 22.7. The minimum absolute atomic E-state index is 0.133. The summed E-state index contributed by atoms with van der Waals surface area (Å²) in [6.45, 7) is 3.40. The molecule has 3 aromatic rings. The predicted octanol–water partition coefficient (Wildman–Crippen LogP) is 3.64. The SMILES string of the molecule is CCNC(=O)c1cc2nc(C3CCOCC3)cn2cc1NC(=O)c1cccc(C(F)(F)F)n1. The molecule has 2 N–H and O–H groups in total. The molecular weight excluding hydrogens is 439 g/mol. The zero-order valence-electron chi connectivity index (χ0n) is 17.8. The van der Waals surface area contributed by atoms with Crippen LogP contribution in [0, 0.1) is 0 Å². The Morgan fingerprint density at radius 1 is 1.15 bits per heavy atom. The van der Waals surface area contributed by atoms with Gasteiger partial charge in [0.1, 0.15) is 17.0 Å². The van der Waals surface area contributed by atoms with E-state index in [0.717, 1.165) is 30.7 Å². The fourth-order valence-electron chi connectivity index (χ4n) is 3.69. The topological polar surface area (TPSA) is 97.6 Å². The molecular formula is C22H22F3N5O3. The highest BCUT2D eigenvalue weighted by molar-refractivity contribution is 6.08. The number of nitrogens with zero attached hydrogens (tertiary/aromatic N) is 3. The van der Waals surface area contributed by atoms with E-state index < -0.39 is 29.4 Å². The van der Waals surface area contributed by atoms with Gasteiger partial charge < -0.3 is 19.8 Å². The van der Waals surface area contributed by atoms with Gasteiger partial charge in [0.2, 0.25) is 0 Å². The summed E-state index contributed by atoms with van der Waals surface area (Å²) in [6.07, 6.45) is 0.334. The van der Waals surface area contributed by atoms with E-state index in [2.05, 4.69) is 20.6 Å². The Morgan fingerprint density at radius 3 is 2.61 bits per heavy atom. The van der Waals surface area contributed by atoms with Gasteiger partial charge in [-0.3, -0.25) is 9.59 Å². The van der Waals surface area contributed by atoms with Crippen LogP contribution in [0.15, 0.2) is 36.7 Å². The summed E-state index contributed by atoms with van der Waals surface area (Å²) in [5.41, 5.74) is 0.0593. The Kier molecular flexibility index (Phi) is 6.32. The average Bonchev–Trinajstić information content (AvgIpc) is 3.22. The minimum atomic E-state index is -4.68. The Morgan fingerprint density at radius 2 is 1.91 bits per heavy atom. The molecule has 1 saturated heterocycles. The zero-order chi connectivity index (χ0) is 23.6. The number of carbonyl (C=O) groups excluding carboxylic acids is 2. The standard InChI is InChI=1S/C22H22F3N5O3/c1-2-26-20(31)14-10-19-28-16(13-6-8-33-9-7-13)11-30(19)12-17(14)29-21(32)15-4-3-5-18(27-15)22(23,24)25/h3-5,10-13H,2,6-9H2,1H3,(H,26,31)(H,29,32). The Balaban J connectivity index is 1.69. The summed E-state index contributed by atoms with van der Waals surface area (Å²) < 4.78 is 46.0. The molecule has 11 heteroatoms. The highest BCUT2D eigenvalue weighted by atomic mass is 19.4. The number of carbonyl (C=O) groups is 2. The van der Waals surface area contributed by atoms with E-state index in [9.17, 15) is 22.8 Å². The number of ether oxygens (including phenoxy) is 1. The number of halogens is 3. The van der Waals surface area contributed by atoms with Crippen molar-refractivity contribution in [2.45, 2.75) is 31.9 Å². The molecule has 2 amide bonds. The quantitative estimate of drug-likeness (QED) is 0.605. The molecule has 0 radical (unpaired) electrons. The van der Waals surface area contributed by atoms with Crippen molar-refractivity contribution >= 4 is 23.1 Å². The lowest BCUT2D eigenvalue weighted by atomic mass is 9.97. The molecule has 4 rings (SSSR count). The van der Waals surface area contributed by atoms with E-state index >= 15 is 0 Å². The highest BCUT2D eigenvalue weighted by Gasteiger charge is 2.33. The Bertz CT molecular complexity index is 1190. The average molecular weight is 461 g/mol. The van der Waals surface area contributed by atoms with Gasteiger partial charge in [0.05, 0.1) is 16.9 Å². The third kappa shape index (κ3) is 4.98. The van der Waals surface area contributed by atoms with Gasteiger partial charge in [-0.2, -0.15) is 13.2 Å². The van der Waals surface area contributed by atoms with Gasteiger partial charge >= 0.3 is 6.18 Å². The first-order valence-corrected chi connectivity index (χ1v) is 10.5. The third-order valence-electron chi connectivity index (χ3n) is 5.35. The second-order valence-electron chi connectivity index (χ2n) is 7.64. The van der Waals surface area contributed by atoms with Gasteiger partial charge in [0.25, 0.3) is 11.8 Å². The van der Waals surface area contributed by atoms with Gasteiger partial charge in [-0.05, 0) is 38.0 Å². The van der Waals surface area contributed by atoms with Crippen molar-refractivity contribution in [2.24, 2.45) is 0 Å². The fraction of sp³-hybridized carbons (Fsp3) is 0.364. The number of pyridine rings is 2.